The van der Waals surface area contributed by atoms with Gasteiger partial charge in [0.15, 0.2) is 0 Å². The highest BCUT2D eigenvalue weighted by atomic mass is 16.5. The highest BCUT2D eigenvalue weighted by Crippen LogP contribution is 2.33. The molecule has 0 N–H and O–H groups in total. The van der Waals surface area contributed by atoms with Gasteiger partial charge >= 0.3 is 5.97 Å². The zero-order valence-electron chi connectivity index (χ0n) is 16.0. The Kier molecular flexibility index (Phi) is 6.07. The molecule has 0 fully saturated rings. The number of hydrogen-bond donors (Lipinski definition) is 0. The maximum absolute atomic E-state index is 11.6. The number of carbonyl (C=O) groups is 1. The van der Waals surface area contributed by atoms with Crippen LogP contribution in [0.1, 0.15) is 6.92 Å². The predicted octanol–water partition coefficient (Wildman–Crippen LogP) is 6.17. The van der Waals surface area contributed by atoms with E-state index in [9.17, 15) is 4.79 Å². The van der Waals surface area contributed by atoms with Crippen LogP contribution >= 0.6 is 0 Å². The van der Waals surface area contributed by atoms with Gasteiger partial charge in [-0.25, -0.2) is 4.79 Å². The number of carbonyl (C=O) groups excluding carboxylic acids is 1. The van der Waals surface area contributed by atoms with Crippen LogP contribution in [0.2, 0.25) is 0 Å². The molecule has 0 aromatic heterocycles. The molecule has 0 aliphatic rings. The van der Waals surface area contributed by atoms with Crippen molar-refractivity contribution in [1.82, 2.24) is 0 Å². The van der Waals surface area contributed by atoms with E-state index in [4.69, 9.17) is 9.47 Å². The molecule has 4 aromatic rings. The molecule has 0 atom stereocenters. The number of fused-ring (bicyclic) bond motifs is 2. The van der Waals surface area contributed by atoms with Crippen molar-refractivity contribution in [3.05, 3.63) is 97.1 Å². The second-order valence-corrected chi connectivity index (χ2v) is 6.33. The van der Waals surface area contributed by atoms with Crippen molar-refractivity contribution >= 4 is 27.5 Å². The lowest BCUT2D eigenvalue weighted by Crippen LogP contribution is -2.08. The van der Waals surface area contributed by atoms with Crippen LogP contribution in [-0.4, -0.2) is 13.1 Å². The van der Waals surface area contributed by atoms with E-state index in [2.05, 4.69) is 55.1 Å². The summed E-state index contributed by atoms with van der Waals surface area (Å²) < 4.78 is 10.6. The van der Waals surface area contributed by atoms with Crippen molar-refractivity contribution in [3.63, 3.8) is 0 Å². The molecule has 4 rings (SSSR count). The molecule has 3 nitrogen and oxygen atoms in total. The standard InChI is InChI=1S/C15H14O3.C10H8/c1-10(2)15(16)18-14-9-8-13(17-3)11-6-4-5-7-12(11)14;1-2-6-10-8-4-3-7-9(10)5-1/h4-9H,1H2,2-3H3;1-8H. The maximum Gasteiger partial charge on any atom is 0.338 e. The van der Waals surface area contributed by atoms with E-state index in [1.54, 1.807) is 26.2 Å². The fraction of sp³-hybridized carbons (Fsp3) is 0.0800. The van der Waals surface area contributed by atoms with Gasteiger partial charge in [-0.2, -0.15) is 0 Å². The van der Waals surface area contributed by atoms with E-state index in [-0.39, 0.29) is 0 Å². The number of rotatable bonds is 3. The summed E-state index contributed by atoms with van der Waals surface area (Å²) in [5, 5.41) is 4.37. The van der Waals surface area contributed by atoms with Gasteiger partial charge in [0.2, 0.25) is 0 Å². The fourth-order valence-electron chi connectivity index (χ4n) is 2.83. The van der Waals surface area contributed by atoms with Crippen LogP contribution < -0.4 is 9.47 Å². The highest BCUT2D eigenvalue weighted by Gasteiger charge is 2.11. The third kappa shape index (κ3) is 4.38. The number of hydrogen-bond acceptors (Lipinski definition) is 3. The molecular weight excluding hydrogens is 348 g/mol. The van der Waals surface area contributed by atoms with E-state index < -0.39 is 5.97 Å². The molecule has 0 bridgehead atoms. The maximum atomic E-state index is 11.6. The lowest BCUT2D eigenvalue weighted by molar-refractivity contribution is -0.129. The Bertz CT molecular complexity index is 1060. The molecule has 140 valence electrons. The Morgan fingerprint density at radius 2 is 1.14 bits per heavy atom. The molecule has 0 unspecified atom stereocenters. The van der Waals surface area contributed by atoms with E-state index in [1.165, 1.54) is 10.8 Å². The summed E-state index contributed by atoms with van der Waals surface area (Å²) in [6.45, 7) is 5.18. The van der Waals surface area contributed by atoms with E-state index in [1.807, 2.05) is 24.3 Å². The van der Waals surface area contributed by atoms with Crippen molar-refractivity contribution in [3.8, 4) is 11.5 Å². The molecular formula is C25H22O3. The molecule has 0 aliphatic carbocycles. The molecule has 0 radical (unpaired) electrons. The number of methoxy groups -OCH3 is 1. The molecule has 3 heteroatoms. The summed E-state index contributed by atoms with van der Waals surface area (Å²) in [6.07, 6.45) is 0. The number of benzene rings is 4. The zero-order chi connectivity index (χ0) is 19.9. The minimum Gasteiger partial charge on any atom is -0.496 e. The van der Waals surface area contributed by atoms with Gasteiger partial charge in [-0.05, 0) is 29.8 Å². The quantitative estimate of drug-likeness (QED) is 0.246. The second-order valence-electron chi connectivity index (χ2n) is 6.33. The Morgan fingerprint density at radius 3 is 1.61 bits per heavy atom. The fourth-order valence-corrected chi connectivity index (χ4v) is 2.83. The number of esters is 1. The normalized spacial score (nSPS) is 10.1. The van der Waals surface area contributed by atoms with Crippen molar-refractivity contribution in [2.24, 2.45) is 0 Å². The van der Waals surface area contributed by atoms with E-state index in [0.29, 0.717) is 11.3 Å². The SMILES string of the molecule is C=C(C)C(=O)Oc1ccc(OC)c2ccccc12.c1ccc2ccccc2c1. The first-order valence-corrected chi connectivity index (χ1v) is 8.97. The van der Waals surface area contributed by atoms with Gasteiger partial charge in [0.1, 0.15) is 11.5 Å². The van der Waals surface area contributed by atoms with Gasteiger partial charge < -0.3 is 9.47 Å². The summed E-state index contributed by atoms with van der Waals surface area (Å²) in [4.78, 5) is 11.6. The summed E-state index contributed by atoms with van der Waals surface area (Å²) in [5.74, 6) is 0.838. The first-order valence-electron chi connectivity index (χ1n) is 8.97. The van der Waals surface area contributed by atoms with Crippen LogP contribution in [0, 0.1) is 0 Å². The Balaban J connectivity index is 0.000000188. The highest BCUT2D eigenvalue weighted by molar-refractivity contribution is 5.97. The molecule has 4 aromatic carbocycles. The first-order chi connectivity index (χ1) is 13.6. The average Bonchev–Trinajstić information content (AvgIpc) is 2.74. The van der Waals surface area contributed by atoms with Crippen LogP contribution in [-0.2, 0) is 4.79 Å². The second kappa shape index (κ2) is 8.87. The van der Waals surface area contributed by atoms with Crippen LogP contribution in [0.3, 0.4) is 0 Å². The van der Waals surface area contributed by atoms with Crippen molar-refractivity contribution in [1.29, 1.82) is 0 Å². The smallest absolute Gasteiger partial charge is 0.338 e. The van der Waals surface area contributed by atoms with Crippen LogP contribution in [0.25, 0.3) is 21.5 Å². The van der Waals surface area contributed by atoms with Crippen LogP contribution in [0.4, 0.5) is 0 Å². The Labute approximate surface area is 164 Å². The third-order valence-corrected chi connectivity index (χ3v) is 4.27. The largest absolute Gasteiger partial charge is 0.496 e. The van der Waals surface area contributed by atoms with E-state index in [0.717, 1.165) is 16.5 Å². The monoisotopic (exact) mass is 370 g/mol. The molecule has 0 amide bonds. The first kappa shape index (κ1) is 19.2. The van der Waals surface area contributed by atoms with Crippen molar-refractivity contribution in [2.45, 2.75) is 6.92 Å². The lowest BCUT2D eigenvalue weighted by atomic mass is 10.1. The van der Waals surface area contributed by atoms with E-state index >= 15 is 0 Å². The minimum atomic E-state index is -0.426. The molecule has 0 spiro atoms. The van der Waals surface area contributed by atoms with Crippen LogP contribution in [0.5, 0.6) is 11.5 Å². The summed E-state index contributed by atoms with van der Waals surface area (Å²) in [7, 11) is 1.61. The summed E-state index contributed by atoms with van der Waals surface area (Å²) in [6, 6.07) is 27.8. The number of ether oxygens (including phenoxy) is 2. The lowest BCUT2D eigenvalue weighted by Gasteiger charge is -2.10. The van der Waals surface area contributed by atoms with Gasteiger partial charge in [0.25, 0.3) is 0 Å². The molecule has 0 saturated carbocycles. The average molecular weight is 370 g/mol. The van der Waals surface area contributed by atoms with Gasteiger partial charge in [-0.3, -0.25) is 0 Å². The predicted molar refractivity (Wildman–Crippen MR) is 115 cm³/mol. The van der Waals surface area contributed by atoms with Crippen molar-refractivity contribution < 1.29 is 14.3 Å². The molecule has 0 aliphatic heterocycles. The molecule has 0 saturated heterocycles. The Hall–Kier alpha value is -3.59. The topological polar surface area (TPSA) is 35.5 Å². The third-order valence-electron chi connectivity index (χ3n) is 4.27. The van der Waals surface area contributed by atoms with Gasteiger partial charge in [-0.1, -0.05) is 79.4 Å². The van der Waals surface area contributed by atoms with Crippen LogP contribution in [0.15, 0.2) is 97.1 Å². The van der Waals surface area contributed by atoms with Gasteiger partial charge in [0.05, 0.1) is 7.11 Å². The van der Waals surface area contributed by atoms with Crippen molar-refractivity contribution in [2.75, 3.05) is 7.11 Å². The van der Waals surface area contributed by atoms with Gasteiger partial charge in [-0.15, -0.1) is 0 Å². The molecule has 0 heterocycles. The minimum absolute atomic E-state index is 0.370. The Morgan fingerprint density at radius 1 is 0.714 bits per heavy atom. The molecule has 28 heavy (non-hydrogen) atoms. The zero-order valence-corrected chi connectivity index (χ0v) is 16.0. The van der Waals surface area contributed by atoms with Gasteiger partial charge in [0, 0.05) is 16.3 Å². The summed E-state index contributed by atoms with van der Waals surface area (Å²) in [5.41, 5.74) is 0.370. The summed E-state index contributed by atoms with van der Waals surface area (Å²) >= 11 is 0.